The highest BCUT2D eigenvalue weighted by molar-refractivity contribution is 5.87. The largest absolute Gasteiger partial charge is 0.390 e. The van der Waals surface area contributed by atoms with Gasteiger partial charge in [0.2, 0.25) is 5.91 Å². The van der Waals surface area contributed by atoms with Gasteiger partial charge >= 0.3 is 0 Å². The molecular formula is C20H27NO2. The summed E-state index contributed by atoms with van der Waals surface area (Å²) in [5.74, 6) is 1.71. The number of rotatable bonds is 3. The van der Waals surface area contributed by atoms with Crippen molar-refractivity contribution >= 4 is 5.91 Å². The van der Waals surface area contributed by atoms with Gasteiger partial charge in [0.15, 0.2) is 0 Å². The first kappa shape index (κ1) is 15.2. The summed E-state index contributed by atoms with van der Waals surface area (Å²) in [7, 11) is 0. The van der Waals surface area contributed by atoms with Crippen molar-refractivity contribution in [2.45, 2.75) is 63.0 Å². The van der Waals surface area contributed by atoms with Gasteiger partial charge in [-0.05, 0) is 69.3 Å². The van der Waals surface area contributed by atoms with Crippen LogP contribution in [0.1, 0.15) is 51.5 Å². The zero-order valence-electron chi connectivity index (χ0n) is 14.1. The van der Waals surface area contributed by atoms with Gasteiger partial charge in [-0.3, -0.25) is 4.79 Å². The maximum atomic E-state index is 13.0. The lowest BCUT2D eigenvalue weighted by molar-refractivity contribution is -0.148. The van der Waals surface area contributed by atoms with Gasteiger partial charge in [-0.15, -0.1) is 0 Å². The maximum Gasteiger partial charge on any atom is 0.230 e. The van der Waals surface area contributed by atoms with Gasteiger partial charge in [0.05, 0.1) is 11.0 Å². The summed E-state index contributed by atoms with van der Waals surface area (Å²) in [5, 5.41) is 14.0. The van der Waals surface area contributed by atoms with Gasteiger partial charge in [-0.1, -0.05) is 30.3 Å². The molecule has 4 aliphatic rings. The molecule has 4 saturated carbocycles. The molecule has 0 aromatic heterocycles. The Kier molecular flexibility index (Phi) is 3.35. The van der Waals surface area contributed by atoms with Crippen molar-refractivity contribution in [3.05, 3.63) is 35.9 Å². The van der Waals surface area contributed by atoms with Crippen LogP contribution in [0.5, 0.6) is 0 Å². The molecule has 124 valence electrons. The molecule has 2 N–H and O–H groups in total. The first-order valence-electron chi connectivity index (χ1n) is 8.96. The van der Waals surface area contributed by atoms with Crippen molar-refractivity contribution in [2.24, 2.45) is 17.8 Å². The summed E-state index contributed by atoms with van der Waals surface area (Å²) in [6, 6.07) is 10.3. The lowest BCUT2D eigenvalue weighted by Gasteiger charge is -2.58. The Morgan fingerprint density at radius 2 is 1.74 bits per heavy atom. The molecule has 5 rings (SSSR count). The van der Waals surface area contributed by atoms with Crippen LogP contribution in [-0.2, 0) is 10.2 Å². The van der Waals surface area contributed by atoms with Gasteiger partial charge in [-0.2, -0.15) is 0 Å². The highest BCUT2D eigenvalue weighted by Crippen LogP contribution is 2.55. The fourth-order valence-electron chi connectivity index (χ4n) is 5.53. The van der Waals surface area contributed by atoms with Crippen LogP contribution in [0.15, 0.2) is 30.3 Å². The van der Waals surface area contributed by atoms with Gasteiger partial charge in [0.25, 0.3) is 0 Å². The summed E-state index contributed by atoms with van der Waals surface area (Å²) in [4.78, 5) is 13.0. The maximum absolute atomic E-state index is 13.0. The minimum Gasteiger partial charge on any atom is -0.390 e. The fourth-order valence-corrected chi connectivity index (χ4v) is 5.53. The Morgan fingerprint density at radius 3 is 2.30 bits per heavy atom. The number of carbonyl (C=O) groups excluding carboxylic acids is 1. The zero-order valence-corrected chi connectivity index (χ0v) is 14.1. The molecule has 4 aliphatic carbocycles. The van der Waals surface area contributed by atoms with Gasteiger partial charge < -0.3 is 10.4 Å². The monoisotopic (exact) mass is 313 g/mol. The third kappa shape index (κ3) is 2.50. The smallest absolute Gasteiger partial charge is 0.230 e. The molecule has 0 spiro atoms. The second-order valence-electron chi connectivity index (χ2n) is 8.68. The van der Waals surface area contributed by atoms with Crippen LogP contribution in [-0.4, -0.2) is 22.7 Å². The molecular weight excluding hydrogens is 286 g/mol. The third-order valence-electron chi connectivity index (χ3n) is 6.60. The van der Waals surface area contributed by atoms with E-state index in [4.69, 9.17) is 0 Å². The predicted octanol–water partition coefficient (Wildman–Crippen LogP) is 3.02. The molecule has 23 heavy (non-hydrogen) atoms. The number of aliphatic hydroxyl groups is 1. The molecule has 1 amide bonds. The second kappa shape index (κ2) is 5.07. The SMILES string of the molecule is CC(C)(C(=O)N[C@H]1C2CC3CC1C[C@](O)(C3)C2)c1ccccc1. The summed E-state index contributed by atoms with van der Waals surface area (Å²) in [5.41, 5.74) is 0.0967. The van der Waals surface area contributed by atoms with Crippen LogP contribution in [0.2, 0.25) is 0 Å². The molecule has 4 bridgehead atoms. The predicted molar refractivity (Wildman–Crippen MR) is 89.9 cm³/mol. The van der Waals surface area contributed by atoms with E-state index < -0.39 is 11.0 Å². The Hall–Kier alpha value is -1.35. The van der Waals surface area contributed by atoms with Gasteiger partial charge in [0, 0.05) is 6.04 Å². The van der Waals surface area contributed by atoms with Crippen molar-refractivity contribution in [1.82, 2.24) is 5.32 Å². The molecule has 2 unspecified atom stereocenters. The molecule has 0 heterocycles. The highest BCUT2D eigenvalue weighted by Gasteiger charge is 2.55. The fraction of sp³-hybridized carbons (Fsp3) is 0.650. The van der Waals surface area contributed by atoms with Gasteiger partial charge in [-0.25, -0.2) is 0 Å². The Morgan fingerprint density at radius 1 is 1.13 bits per heavy atom. The topological polar surface area (TPSA) is 49.3 Å². The molecule has 3 heteroatoms. The Bertz CT molecular complexity index is 593. The van der Waals surface area contributed by atoms with E-state index in [0.717, 1.165) is 24.8 Å². The summed E-state index contributed by atoms with van der Waals surface area (Å²) in [6.45, 7) is 4.00. The minimum absolute atomic E-state index is 0.119. The Labute approximate surface area is 138 Å². The van der Waals surface area contributed by atoms with Crippen molar-refractivity contribution in [3.63, 3.8) is 0 Å². The van der Waals surface area contributed by atoms with Crippen LogP contribution < -0.4 is 5.32 Å². The summed E-state index contributed by atoms with van der Waals surface area (Å²) in [6.07, 6.45) is 5.08. The van der Waals surface area contributed by atoms with Crippen LogP contribution in [0.3, 0.4) is 0 Å². The van der Waals surface area contributed by atoms with Crippen molar-refractivity contribution in [1.29, 1.82) is 0 Å². The average molecular weight is 313 g/mol. The third-order valence-corrected chi connectivity index (χ3v) is 6.60. The second-order valence-corrected chi connectivity index (χ2v) is 8.68. The van der Waals surface area contributed by atoms with Crippen molar-refractivity contribution in [3.8, 4) is 0 Å². The van der Waals surface area contributed by atoms with E-state index in [-0.39, 0.29) is 11.9 Å². The molecule has 3 nitrogen and oxygen atoms in total. The average Bonchev–Trinajstić information content (AvgIpc) is 2.50. The van der Waals surface area contributed by atoms with E-state index in [2.05, 4.69) is 5.32 Å². The number of hydrogen-bond donors (Lipinski definition) is 2. The van der Waals surface area contributed by atoms with E-state index >= 15 is 0 Å². The highest BCUT2D eigenvalue weighted by atomic mass is 16.3. The van der Waals surface area contributed by atoms with Crippen LogP contribution in [0, 0.1) is 17.8 Å². The summed E-state index contributed by atoms with van der Waals surface area (Å²) < 4.78 is 0. The molecule has 1 aromatic rings. The minimum atomic E-state index is -0.521. The van der Waals surface area contributed by atoms with Crippen LogP contribution >= 0.6 is 0 Å². The number of hydrogen-bond acceptors (Lipinski definition) is 2. The van der Waals surface area contributed by atoms with E-state index in [9.17, 15) is 9.90 Å². The number of benzene rings is 1. The van der Waals surface area contributed by atoms with Crippen molar-refractivity contribution in [2.75, 3.05) is 0 Å². The number of carbonyl (C=O) groups is 1. The molecule has 0 radical (unpaired) electrons. The van der Waals surface area contributed by atoms with Crippen LogP contribution in [0.4, 0.5) is 0 Å². The molecule has 4 fully saturated rings. The first-order chi connectivity index (χ1) is 10.9. The quantitative estimate of drug-likeness (QED) is 0.901. The van der Waals surface area contributed by atoms with Crippen molar-refractivity contribution < 1.29 is 9.90 Å². The van der Waals surface area contributed by atoms with Gasteiger partial charge in [0.1, 0.15) is 0 Å². The van der Waals surface area contributed by atoms with E-state index in [1.54, 1.807) is 0 Å². The van der Waals surface area contributed by atoms with E-state index in [0.29, 0.717) is 17.8 Å². The number of nitrogens with one attached hydrogen (secondary N) is 1. The lowest BCUT2D eigenvalue weighted by atomic mass is 9.52. The Balaban J connectivity index is 1.51. The van der Waals surface area contributed by atoms with E-state index in [1.807, 2.05) is 44.2 Å². The number of amides is 1. The normalized spacial score (nSPS) is 38.6. The molecule has 1 aromatic carbocycles. The molecule has 0 aliphatic heterocycles. The van der Waals surface area contributed by atoms with E-state index in [1.165, 1.54) is 12.8 Å². The lowest BCUT2D eigenvalue weighted by Crippen LogP contribution is -2.62. The summed E-state index contributed by atoms with van der Waals surface area (Å²) >= 11 is 0. The standard InChI is InChI=1S/C20H27NO2/c1-19(2,16-6-4-3-5-7-16)18(22)21-17-14-8-13-9-15(17)12-20(23,10-13)11-14/h3-7,13-15,17,23H,8-12H2,1-2H3,(H,21,22)/t13?,14?,15?,17-,20-. The molecule has 2 atom stereocenters. The first-order valence-corrected chi connectivity index (χ1v) is 8.96. The van der Waals surface area contributed by atoms with Crippen LogP contribution in [0.25, 0.3) is 0 Å². The zero-order chi connectivity index (χ0) is 16.2. The molecule has 0 saturated heterocycles.